The summed E-state index contributed by atoms with van der Waals surface area (Å²) in [5, 5.41) is 7.31. The minimum atomic E-state index is 0.377. The lowest BCUT2D eigenvalue weighted by atomic mass is 9.76. The van der Waals surface area contributed by atoms with Crippen LogP contribution in [0.1, 0.15) is 37.3 Å². The Labute approximate surface area is 110 Å². The molecule has 0 aromatic heterocycles. The molecule has 2 nitrogen and oxygen atoms in total. The van der Waals surface area contributed by atoms with E-state index in [1.54, 1.807) is 11.1 Å². The van der Waals surface area contributed by atoms with Crippen molar-refractivity contribution in [2.45, 2.75) is 38.6 Å². The minimum absolute atomic E-state index is 0.377. The standard InChI is InChI=1S/C16H24N2/c1-16(2)11-17-8-7-15(16)18-10-13-9-12-5-3-4-6-14(12)13/h3-6,13,15,17-18H,7-11H2,1-2H3. The molecule has 0 saturated carbocycles. The summed E-state index contributed by atoms with van der Waals surface area (Å²) in [5.74, 6) is 0.742. The summed E-state index contributed by atoms with van der Waals surface area (Å²) in [6.45, 7) is 8.16. The van der Waals surface area contributed by atoms with E-state index in [1.807, 2.05) is 0 Å². The summed E-state index contributed by atoms with van der Waals surface area (Å²) in [5.41, 5.74) is 3.49. The Morgan fingerprint density at radius 3 is 2.94 bits per heavy atom. The van der Waals surface area contributed by atoms with Gasteiger partial charge in [0.2, 0.25) is 0 Å². The lowest BCUT2D eigenvalue weighted by Gasteiger charge is -2.41. The molecule has 0 radical (unpaired) electrons. The van der Waals surface area contributed by atoms with Crippen molar-refractivity contribution in [3.05, 3.63) is 35.4 Å². The topological polar surface area (TPSA) is 24.1 Å². The molecule has 2 heteroatoms. The number of hydrogen-bond acceptors (Lipinski definition) is 2. The zero-order chi connectivity index (χ0) is 12.6. The van der Waals surface area contributed by atoms with Gasteiger partial charge in [-0.15, -0.1) is 0 Å². The van der Waals surface area contributed by atoms with E-state index in [2.05, 4.69) is 48.7 Å². The summed E-state index contributed by atoms with van der Waals surface area (Å²) in [6.07, 6.45) is 2.51. The molecule has 0 amide bonds. The summed E-state index contributed by atoms with van der Waals surface area (Å²) in [4.78, 5) is 0. The van der Waals surface area contributed by atoms with Crippen molar-refractivity contribution in [2.24, 2.45) is 5.41 Å². The number of piperidine rings is 1. The Morgan fingerprint density at radius 1 is 1.33 bits per heavy atom. The van der Waals surface area contributed by atoms with Crippen LogP contribution in [0.4, 0.5) is 0 Å². The third-order valence-corrected chi connectivity index (χ3v) is 4.71. The maximum atomic E-state index is 3.81. The monoisotopic (exact) mass is 244 g/mol. The predicted molar refractivity (Wildman–Crippen MR) is 75.9 cm³/mol. The number of benzene rings is 1. The average molecular weight is 244 g/mol. The van der Waals surface area contributed by atoms with Gasteiger partial charge in [0.05, 0.1) is 0 Å². The third-order valence-electron chi connectivity index (χ3n) is 4.71. The van der Waals surface area contributed by atoms with Gasteiger partial charge in [0.15, 0.2) is 0 Å². The molecule has 3 rings (SSSR count). The Kier molecular flexibility index (Phi) is 3.16. The Hall–Kier alpha value is -0.860. The van der Waals surface area contributed by atoms with Crippen LogP contribution in [0.25, 0.3) is 0 Å². The fourth-order valence-electron chi connectivity index (χ4n) is 3.38. The highest BCUT2D eigenvalue weighted by Crippen LogP contribution is 2.35. The van der Waals surface area contributed by atoms with E-state index in [0.717, 1.165) is 25.6 Å². The molecule has 1 aliphatic heterocycles. The first-order valence-electron chi connectivity index (χ1n) is 7.19. The zero-order valence-corrected chi connectivity index (χ0v) is 11.5. The van der Waals surface area contributed by atoms with Crippen LogP contribution in [-0.2, 0) is 6.42 Å². The van der Waals surface area contributed by atoms with Crippen molar-refractivity contribution < 1.29 is 0 Å². The molecular formula is C16H24N2. The highest BCUT2D eigenvalue weighted by atomic mass is 15.0. The molecule has 98 valence electrons. The fraction of sp³-hybridized carbons (Fsp3) is 0.625. The summed E-state index contributed by atoms with van der Waals surface area (Å²) >= 11 is 0. The van der Waals surface area contributed by atoms with E-state index in [1.165, 1.54) is 12.8 Å². The van der Waals surface area contributed by atoms with Crippen LogP contribution in [0.5, 0.6) is 0 Å². The smallest absolute Gasteiger partial charge is 0.0143 e. The maximum absolute atomic E-state index is 3.81. The van der Waals surface area contributed by atoms with Crippen LogP contribution in [0.15, 0.2) is 24.3 Å². The van der Waals surface area contributed by atoms with Crippen LogP contribution in [0.3, 0.4) is 0 Å². The fourth-order valence-corrected chi connectivity index (χ4v) is 3.38. The van der Waals surface area contributed by atoms with Crippen LogP contribution < -0.4 is 10.6 Å². The molecule has 1 fully saturated rings. The summed E-state index contributed by atoms with van der Waals surface area (Å²) in [6, 6.07) is 9.53. The SMILES string of the molecule is CC1(C)CNCCC1NCC1Cc2ccccc21. The zero-order valence-electron chi connectivity index (χ0n) is 11.5. The molecule has 2 unspecified atom stereocenters. The van der Waals surface area contributed by atoms with Crippen molar-refractivity contribution in [2.75, 3.05) is 19.6 Å². The van der Waals surface area contributed by atoms with Crippen molar-refractivity contribution in [3.63, 3.8) is 0 Å². The van der Waals surface area contributed by atoms with Crippen molar-refractivity contribution in [1.29, 1.82) is 0 Å². The van der Waals surface area contributed by atoms with Gasteiger partial charge in [0.25, 0.3) is 0 Å². The number of fused-ring (bicyclic) bond motifs is 1. The second-order valence-electron chi connectivity index (χ2n) is 6.51. The molecule has 1 aliphatic carbocycles. The predicted octanol–water partition coefficient (Wildman–Crippen LogP) is 2.30. The van der Waals surface area contributed by atoms with Gasteiger partial charge in [0.1, 0.15) is 0 Å². The lowest BCUT2D eigenvalue weighted by Crippen LogP contribution is -2.54. The normalized spacial score (nSPS) is 29.4. The van der Waals surface area contributed by atoms with Gasteiger partial charge in [-0.2, -0.15) is 0 Å². The van der Waals surface area contributed by atoms with Crippen LogP contribution in [0.2, 0.25) is 0 Å². The van der Waals surface area contributed by atoms with E-state index >= 15 is 0 Å². The first kappa shape index (κ1) is 12.2. The highest BCUT2D eigenvalue weighted by Gasteiger charge is 2.33. The molecule has 2 atom stereocenters. The molecule has 18 heavy (non-hydrogen) atoms. The van der Waals surface area contributed by atoms with Crippen molar-refractivity contribution in [1.82, 2.24) is 10.6 Å². The molecule has 1 saturated heterocycles. The molecular weight excluding hydrogens is 220 g/mol. The van der Waals surface area contributed by atoms with Gasteiger partial charge < -0.3 is 10.6 Å². The Balaban J connectivity index is 1.57. The first-order chi connectivity index (χ1) is 8.67. The second kappa shape index (κ2) is 4.67. The number of nitrogens with one attached hydrogen (secondary N) is 2. The highest BCUT2D eigenvalue weighted by molar-refractivity contribution is 5.40. The van der Waals surface area contributed by atoms with Crippen LogP contribution in [-0.4, -0.2) is 25.7 Å². The largest absolute Gasteiger partial charge is 0.316 e. The van der Waals surface area contributed by atoms with E-state index < -0.39 is 0 Å². The van der Waals surface area contributed by atoms with Crippen molar-refractivity contribution >= 4 is 0 Å². The molecule has 0 bridgehead atoms. The molecule has 1 aromatic rings. The van der Waals surface area contributed by atoms with E-state index in [-0.39, 0.29) is 0 Å². The molecule has 1 heterocycles. The number of hydrogen-bond donors (Lipinski definition) is 2. The Bertz CT molecular complexity index is 425. The summed E-state index contributed by atoms with van der Waals surface area (Å²) in [7, 11) is 0. The average Bonchev–Trinajstić information content (AvgIpc) is 2.32. The lowest BCUT2D eigenvalue weighted by molar-refractivity contribution is 0.182. The first-order valence-corrected chi connectivity index (χ1v) is 7.19. The van der Waals surface area contributed by atoms with Gasteiger partial charge in [-0.3, -0.25) is 0 Å². The van der Waals surface area contributed by atoms with Crippen molar-refractivity contribution in [3.8, 4) is 0 Å². The molecule has 0 spiro atoms. The number of rotatable bonds is 3. The minimum Gasteiger partial charge on any atom is -0.316 e. The second-order valence-corrected chi connectivity index (χ2v) is 6.51. The molecule has 1 aromatic carbocycles. The molecule has 2 aliphatic rings. The van der Waals surface area contributed by atoms with Gasteiger partial charge in [-0.25, -0.2) is 0 Å². The molecule has 2 N–H and O–H groups in total. The maximum Gasteiger partial charge on any atom is 0.0143 e. The van der Waals surface area contributed by atoms with Gasteiger partial charge >= 0.3 is 0 Å². The quantitative estimate of drug-likeness (QED) is 0.852. The van der Waals surface area contributed by atoms with E-state index in [0.29, 0.717) is 11.5 Å². The van der Waals surface area contributed by atoms with Gasteiger partial charge in [0, 0.05) is 25.0 Å². The van der Waals surface area contributed by atoms with Gasteiger partial charge in [-0.05, 0) is 35.9 Å². The van der Waals surface area contributed by atoms with Crippen LogP contribution in [0, 0.1) is 5.41 Å². The Morgan fingerprint density at radius 2 is 2.17 bits per heavy atom. The third kappa shape index (κ3) is 2.19. The van der Waals surface area contributed by atoms with E-state index in [9.17, 15) is 0 Å². The van der Waals surface area contributed by atoms with Crippen LogP contribution >= 0.6 is 0 Å². The van der Waals surface area contributed by atoms with Gasteiger partial charge in [-0.1, -0.05) is 38.1 Å². The van der Waals surface area contributed by atoms with E-state index in [4.69, 9.17) is 0 Å². The summed E-state index contributed by atoms with van der Waals surface area (Å²) < 4.78 is 0.